The first-order chi connectivity index (χ1) is 7.76. The molecular weight excluding hydrogens is 316 g/mol. The van der Waals surface area contributed by atoms with Gasteiger partial charge in [0.2, 0.25) is 5.82 Å². The molecule has 0 N–H and O–H groups in total. The van der Waals surface area contributed by atoms with Gasteiger partial charge in [-0.2, -0.15) is 4.39 Å². The van der Waals surface area contributed by atoms with Crippen LogP contribution in [0.15, 0.2) is 6.20 Å². The van der Waals surface area contributed by atoms with Gasteiger partial charge in [0.05, 0.1) is 10.6 Å². The number of nitro groups is 1. The van der Waals surface area contributed by atoms with Crippen LogP contribution in [0.5, 0.6) is 5.75 Å². The van der Waals surface area contributed by atoms with E-state index in [0.717, 1.165) is 0 Å². The predicted octanol–water partition coefficient (Wildman–Crippen LogP) is 2.92. The molecule has 1 aromatic rings. The van der Waals surface area contributed by atoms with E-state index >= 15 is 0 Å². The van der Waals surface area contributed by atoms with Crippen molar-refractivity contribution in [3.05, 3.63) is 27.8 Å². The Bertz CT molecular complexity index is 451. The van der Waals surface area contributed by atoms with E-state index in [0.29, 0.717) is 6.20 Å². The van der Waals surface area contributed by atoms with Gasteiger partial charge >= 0.3 is 12.0 Å². The van der Waals surface area contributed by atoms with Crippen molar-refractivity contribution in [3.8, 4) is 5.75 Å². The molecule has 0 spiro atoms. The summed E-state index contributed by atoms with van der Waals surface area (Å²) in [6, 6.07) is 0. The van der Waals surface area contributed by atoms with Gasteiger partial charge in [-0.15, -0.1) is 13.2 Å². The summed E-state index contributed by atoms with van der Waals surface area (Å²) >= 11 is 2.77. The second-order valence-electron chi connectivity index (χ2n) is 2.67. The molecule has 5 nitrogen and oxygen atoms in total. The van der Waals surface area contributed by atoms with Gasteiger partial charge in [-0.3, -0.25) is 10.1 Å². The molecule has 1 rings (SSSR count). The Kier molecular flexibility index (Phi) is 3.86. The summed E-state index contributed by atoms with van der Waals surface area (Å²) in [5.41, 5.74) is -1.61. The maximum atomic E-state index is 13.4. The number of pyridine rings is 1. The fraction of sp³-hybridized carbons (Fsp3) is 0.286. The summed E-state index contributed by atoms with van der Waals surface area (Å²) < 4.78 is 52.7. The third kappa shape index (κ3) is 3.25. The van der Waals surface area contributed by atoms with Crippen LogP contribution in [0, 0.1) is 15.9 Å². The third-order valence-electron chi connectivity index (χ3n) is 1.57. The first kappa shape index (κ1) is 13.6. The molecule has 0 aliphatic heterocycles. The lowest BCUT2D eigenvalue weighted by molar-refractivity contribution is -0.388. The summed E-state index contributed by atoms with van der Waals surface area (Å²) in [5.74, 6) is -3.01. The molecular formula is C7H3BrF4N2O3. The van der Waals surface area contributed by atoms with Crippen LogP contribution >= 0.6 is 15.9 Å². The van der Waals surface area contributed by atoms with Gasteiger partial charge in [0.25, 0.3) is 0 Å². The lowest BCUT2D eigenvalue weighted by atomic mass is 10.3. The third-order valence-corrected chi connectivity index (χ3v) is 2.10. The first-order valence-electron chi connectivity index (χ1n) is 3.89. The van der Waals surface area contributed by atoms with Crippen molar-refractivity contribution in [2.45, 2.75) is 11.7 Å². The van der Waals surface area contributed by atoms with E-state index in [4.69, 9.17) is 0 Å². The van der Waals surface area contributed by atoms with Gasteiger partial charge in [0, 0.05) is 5.33 Å². The molecule has 0 aliphatic carbocycles. The Hall–Kier alpha value is -1.45. The normalized spacial score (nSPS) is 11.4. The van der Waals surface area contributed by atoms with Crippen LogP contribution in [-0.2, 0) is 5.33 Å². The average molecular weight is 319 g/mol. The fourth-order valence-corrected chi connectivity index (χ4v) is 1.34. The maximum absolute atomic E-state index is 13.4. The zero-order valence-corrected chi connectivity index (χ0v) is 9.38. The number of aromatic nitrogens is 1. The van der Waals surface area contributed by atoms with E-state index in [-0.39, 0.29) is 5.33 Å². The zero-order valence-electron chi connectivity index (χ0n) is 7.79. The van der Waals surface area contributed by atoms with Crippen LogP contribution in [0.2, 0.25) is 0 Å². The van der Waals surface area contributed by atoms with Crippen LogP contribution in [0.25, 0.3) is 0 Å². The number of halogens is 5. The van der Waals surface area contributed by atoms with E-state index in [2.05, 4.69) is 25.7 Å². The molecule has 0 aromatic carbocycles. The predicted molar refractivity (Wildman–Crippen MR) is 50.2 cm³/mol. The summed E-state index contributed by atoms with van der Waals surface area (Å²) in [6.45, 7) is 0. The van der Waals surface area contributed by atoms with Gasteiger partial charge in [-0.05, 0) is 0 Å². The number of rotatable bonds is 3. The minimum atomic E-state index is -5.16. The molecule has 0 aliphatic rings. The lowest BCUT2D eigenvalue weighted by Gasteiger charge is -2.11. The van der Waals surface area contributed by atoms with Crippen molar-refractivity contribution in [2.75, 3.05) is 0 Å². The molecule has 17 heavy (non-hydrogen) atoms. The largest absolute Gasteiger partial charge is 0.573 e. The van der Waals surface area contributed by atoms with Crippen molar-refractivity contribution in [3.63, 3.8) is 0 Å². The molecule has 94 valence electrons. The maximum Gasteiger partial charge on any atom is 0.573 e. The Balaban J connectivity index is 3.32. The van der Waals surface area contributed by atoms with Crippen LogP contribution < -0.4 is 4.74 Å². The average Bonchev–Trinajstić information content (AvgIpc) is 2.18. The van der Waals surface area contributed by atoms with Gasteiger partial charge in [0.1, 0.15) is 6.20 Å². The molecule has 0 radical (unpaired) electrons. The summed E-state index contributed by atoms with van der Waals surface area (Å²) in [5, 5.41) is 10.1. The monoisotopic (exact) mass is 318 g/mol. The van der Waals surface area contributed by atoms with Gasteiger partial charge in [-0.25, -0.2) is 4.98 Å². The van der Waals surface area contributed by atoms with Crippen LogP contribution in [0.1, 0.15) is 5.69 Å². The zero-order chi connectivity index (χ0) is 13.2. The standard InChI is InChI=1S/C7H3BrF4N2O3/c8-1-3-6(17-7(10,11)12)5(9)4(2-13-3)14(15)16/h2H,1H2. The topological polar surface area (TPSA) is 65.3 Å². The summed E-state index contributed by atoms with van der Waals surface area (Å²) in [4.78, 5) is 12.4. The fourth-order valence-electron chi connectivity index (χ4n) is 0.939. The molecule has 0 amide bonds. The molecule has 10 heteroatoms. The Morgan fingerprint density at radius 2 is 2.12 bits per heavy atom. The van der Waals surface area contributed by atoms with E-state index in [1.54, 1.807) is 0 Å². The molecule has 1 aromatic heterocycles. The minimum Gasteiger partial charge on any atom is -0.400 e. The highest BCUT2D eigenvalue weighted by Crippen LogP contribution is 2.33. The van der Waals surface area contributed by atoms with E-state index < -0.39 is 34.2 Å². The molecule has 0 saturated carbocycles. The quantitative estimate of drug-likeness (QED) is 0.372. The first-order valence-corrected chi connectivity index (χ1v) is 5.02. The van der Waals surface area contributed by atoms with E-state index in [9.17, 15) is 27.7 Å². The molecule has 0 saturated heterocycles. The molecule has 0 bridgehead atoms. The van der Waals surface area contributed by atoms with Crippen molar-refractivity contribution in [1.82, 2.24) is 4.98 Å². The molecule has 1 heterocycles. The van der Waals surface area contributed by atoms with Gasteiger partial charge in [0.15, 0.2) is 5.75 Å². The molecule has 0 atom stereocenters. The summed E-state index contributed by atoms with van der Waals surface area (Å²) in [6.07, 6.45) is -4.64. The van der Waals surface area contributed by atoms with Crippen LogP contribution in [0.3, 0.4) is 0 Å². The minimum absolute atomic E-state index is 0.243. The Labute approximate surface area is 99.7 Å². The van der Waals surface area contributed by atoms with Crippen molar-refractivity contribution in [2.24, 2.45) is 0 Å². The lowest BCUT2D eigenvalue weighted by Crippen LogP contribution is -2.19. The molecule has 0 unspecified atom stereocenters. The Morgan fingerprint density at radius 3 is 2.53 bits per heavy atom. The van der Waals surface area contributed by atoms with E-state index in [1.165, 1.54) is 0 Å². The summed E-state index contributed by atoms with van der Waals surface area (Å²) in [7, 11) is 0. The highest BCUT2D eigenvalue weighted by Gasteiger charge is 2.36. The second kappa shape index (κ2) is 4.82. The van der Waals surface area contributed by atoms with Crippen molar-refractivity contribution < 1.29 is 27.2 Å². The molecule has 0 fully saturated rings. The van der Waals surface area contributed by atoms with Gasteiger partial charge in [-0.1, -0.05) is 15.9 Å². The van der Waals surface area contributed by atoms with E-state index in [1.807, 2.05) is 0 Å². The number of hydrogen-bond acceptors (Lipinski definition) is 4. The highest BCUT2D eigenvalue weighted by atomic mass is 79.9. The van der Waals surface area contributed by atoms with Crippen LogP contribution in [-0.4, -0.2) is 16.3 Å². The smallest absolute Gasteiger partial charge is 0.400 e. The number of nitrogens with zero attached hydrogens (tertiary/aromatic N) is 2. The van der Waals surface area contributed by atoms with Crippen molar-refractivity contribution in [1.29, 1.82) is 0 Å². The number of ether oxygens (including phenoxy) is 1. The van der Waals surface area contributed by atoms with Crippen molar-refractivity contribution >= 4 is 21.6 Å². The SMILES string of the molecule is O=[N+]([O-])c1cnc(CBr)c(OC(F)(F)F)c1F. The highest BCUT2D eigenvalue weighted by molar-refractivity contribution is 9.08. The number of hydrogen-bond donors (Lipinski definition) is 0. The van der Waals surface area contributed by atoms with Crippen LogP contribution in [0.4, 0.5) is 23.2 Å². The number of alkyl halides is 4. The Morgan fingerprint density at radius 1 is 1.53 bits per heavy atom. The second-order valence-corrected chi connectivity index (χ2v) is 3.23. The van der Waals surface area contributed by atoms with Gasteiger partial charge < -0.3 is 4.74 Å².